The SMILES string of the molecule is COc1cc(C(C)=NNC(=O)C(=O)Nc2ccc(C)c(Cl)c2)ccc1OC(=O)c1cccs1. The number of esters is 1. The number of nitrogens with one attached hydrogen (secondary N) is 2. The smallest absolute Gasteiger partial charge is 0.353 e. The lowest BCUT2D eigenvalue weighted by Gasteiger charge is -2.11. The Balaban J connectivity index is 1.65. The van der Waals surface area contributed by atoms with Gasteiger partial charge in [-0.1, -0.05) is 23.7 Å². The highest BCUT2D eigenvalue weighted by atomic mass is 35.5. The van der Waals surface area contributed by atoms with Gasteiger partial charge in [0.1, 0.15) is 4.88 Å². The first-order valence-electron chi connectivity index (χ1n) is 9.64. The molecule has 170 valence electrons. The number of amides is 2. The Kier molecular flexibility index (Phi) is 7.81. The predicted molar refractivity (Wildman–Crippen MR) is 127 cm³/mol. The van der Waals surface area contributed by atoms with E-state index >= 15 is 0 Å². The van der Waals surface area contributed by atoms with E-state index in [1.54, 1.807) is 60.8 Å². The van der Waals surface area contributed by atoms with Gasteiger partial charge in [-0.05, 0) is 61.2 Å². The van der Waals surface area contributed by atoms with Crippen LogP contribution >= 0.6 is 22.9 Å². The summed E-state index contributed by atoms with van der Waals surface area (Å²) in [6.07, 6.45) is 0. The van der Waals surface area contributed by atoms with Crippen LogP contribution in [0.3, 0.4) is 0 Å². The number of aryl methyl sites for hydroxylation is 1. The van der Waals surface area contributed by atoms with Crippen molar-refractivity contribution in [2.75, 3.05) is 12.4 Å². The lowest BCUT2D eigenvalue weighted by Crippen LogP contribution is -2.32. The topological polar surface area (TPSA) is 106 Å². The fourth-order valence-corrected chi connectivity index (χ4v) is 3.41. The number of nitrogens with zero attached hydrogens (tertiary/aromatic N) is 1. The molecule has 3 aromatic rings. The maximum Gasteiger partial charge on any atom is 0.353 e. The number of rotatable bonds is 6. The molecule has 2 amide bonds. The lowest BCUT2D eigenvalue weighted by atomic mass is 10.1. The molecule has 0 fully saturated rings. The zero-order valence-electron chi connectivity index (χ0n) is 18.0. The van der Waals surface area contributed by atoms with Crippen molar-refractivity contribution in [1.29, 1.82) is 0 Å². The van der Waals surface area contributed by atoms with E-state index in [1.807, 2.05) is 6.92 Å². The van der Waals surface area contributed by atoms with Crippen LogP contribution in [0.5, 0.6) is 11.5 Å². The normalized spacial score (nSPS) is 11.0. The minimum absolute atomic E-state index is 0.243. The Hall–Kier alpha value is -3.69. The van der Waals surface area contributed by atoms with Gasteiger partial charge >= 0.3 is 17.8 Å². The zero-order valence-corrected chi connectivity index (χ0v) is 19.5. The van der Waals surface area contributed by atoms with E-state index < -0.39 is 17.8 Å². The minimum Gasteiger partial charge on any atom is -0.493 e. The monoisotopic (exact) mass is 485 g/mol. The largest absolute Gasteiger partial charge is 0.493 e. The third-order valence-electron chi connectivity index (χ3n) is 4.47. The van der Waals surface area contributed by atoms with Crippen molar-refractivity contribution in [3.63, 3.8) is 0 Å². The summed E-state index contributed by atoms with van der Waals surface area (Å²) in [7, 11) is 1.44. The number of thiophene rings is 1. The molecule has 33 heavy (non-hydrogen) atoms. The summed E-state index contributed by atoms with van der Waals surface area (Å²) >= 11 is 7.30. The third-order valence-corrected chi connectivity index (χ3v) is 5.72. The molecule has 3 rings (SSSR count). The number of benzene rings is 2. The van der Waals surface area contributed by atoms with Crippen LogP contribution in [0.25, 0.3) is 0 Å². The zero-order chi connectivity index (χ0) is 24.0. The molecule has 0 unspecified atom stereocenters. The van der Waals surface area contributed by atoms with Crippen LogP contribution in [0.1, 0.15) is 27.7 Å². The lowest BCUT2D eigenvalue weighted by molar-refractivity contribution is -0.136. The van der Waals surface area contributed by atoms with Crippen molar-refractivity contribution in [3.05, 3.63) is 74.9 Å². The van der Waals surface area contributed by atoms with Crippen molar-refractivity contribution in [1.82, 2.24) is 5.43 Å². The van der Waals surface area contributed by atoms with Crippen LogP contribution in [0.4, 0.5) is 5.69 Å². The highest BCUT2D eigenvalue weighted by Crippen LogP contribution is 2.29. The van der Waals surface area contributed by atoms with E-state index in [1.165, 1.54) is 18.4 Å². The van der Waals surface area contributed by atoms with Gasteiger partial charge in [0.2, 0.25) is 0 Å². The van der Waals surface area contributed by atoms with E-state index in [2.05, 4.69) is 15.8 Å². The minimum atomic E-state index is -0.945. The molecule has 0 aliphatic carbocycles. The second-order valence-corrected chi connectivity index (χ2v) is 8.14. The maximum atomic E-state index is 12.2. The molecule has 1 aromatic heterocycles. The standard InChI is InChI=1S/C23H20ClN3O5S/c1-13-6-8-16(12-17(13)24)25-21(28)22(29)27-26-14(2)15-7-9-18(19(11-15)31-3)32-23(30)20-5-4-10-33-20/h4-12H,1-3H3,(H,25,28)(H,27,29). The van der Waals surface area contributed by atoms with Gasteiger partial charge in [-0.3, -0.25) is 9.59 Å². The second kappa shape index (κ2) is 10.8. The number of hydrogen-bond donors (Lipinski definition) is 2. The Morgan fingerprint density at radius 3 is 2.48 bits per heavy atom. The molecule has 0 atom stereocenters. The van der Waals surface area contributed by atoms with Gasteiger partial charge in [0.15, 0.2) is 11.5 Å². The van der Waals surface area contributed by atoms with E-state index in [0.29, 0.717) is 32.6 Å². The number of halogens is 1. The van der Waals surface area contributed by atoms with Crippen molar-refractivity contribution in [2.24, 2.45) is 5.10 Å². The van der Waals surface area contributed by atoms with Crippen molar-refractivity contribution in [3.8, 4) is 11.5 Å². The fourth-order valence-electron chi connectivity index (χ4n) is 2.63. The molecule has 2 N–H and O–H groups in total. The Bertz CT molecular complexity index is 1220. The van der Waals surface area contributed by atoms with Gasteiger partial charge < -0.3 is 14.8 Å². The molecule has 0 aliphatic heterocycles. The first kappa shape index (κ1) is 24.0. The molecule has 0 spiro atoms. The number of hydrazone groups is 1. The third kappa shape index (κ3) is 6.18. The number of ether oxygens (including phenoxy) is 2. The average molecular weight is 486 g/mol. The van der Waals surface area contributed by atoms with Gasteiger partial charge in [0, 0.05) is 16.3 Å². The first-order valence-corrected chi connectivity index (χ1v) is 10.9. The number of carbonyl (C=O) groups is 3. The van der Waals surface area contributed by atoms with E-state index in [4.69, 9.17) is 21.1 Å². The van der Waals surface area contributed by atoms with Gasteiger partial charge in [0.05, 0.1) is 12.8 Å². The van der Waals surface area contributed by atoms with Crippen LogP contribution in [-0.2, 0) is 9.59 Å². The van der Waals surface area contributed by atoms with Crippen molar-refractivity contribution < 1.29 is 23.9 Å². The van der Waals surface area contributed by atoms with Crippen LogP contribution in [-0.4, -0.2) is 30.6 Å². The maximum absolute atomic E-state index is 12.2. The molecule has 0 saturated heterocycles. The fraction of sp³-hybridized carbons (Fsp3) is 0.130. The number of anilines is 1. The number of carbonyl (C=O) groups excluding carboxylic acids is 3. The number of hydrogen-bond acceptors (Lipinski definition) is 7. The molecule has 8 nitrogen and oxygen atoms in total. The molecule has 0 aliphatic rings. The average Bonchev–Trinajstić information content (AvgIpc) is 3.35. The molecule has 10 heteroatoms. The summed E-state index contributed by atoms with van der Waals surface area (Å²) in [6.45, 7) is 3.47. The number of methoxy groups -OCH3 is 1. The summed E-state index contributed by atoms with van der Waals surface area (Å²) in [5, 5.41) is 8.67. The summed E-state index contributed by atoms with van der Waals surface area (Å²) < 4.78 is 10.7. The van der Waals surface area contributed by atoms with Gasteiger partial charge in [-0.2, -0.15) is 5.10 Å². The highest BCUT2D eigenvalue weighted by molar-refractivity contribution is 7.12. The van der Waals surface area contributed by atoms with E-state index in [0.717, 1.165) is 5.56 Å². The molecule has 0 bridgehead atoms. The highest BCUT2D eigenvalue weighted by Gasteiger charge is 2.16. The summed E-state index contributed by atoms with van der Waals surface area (Å²) in [4.78, 5) is 36.9. The van der Waals surface area contributed by atoms with Crippen molar-refractivity contribution in [2.45, 2.75) is 13.8 Å². The molecule has 0 saturated carbocycles. The summed E-state index contributed by atoms with van der Waals surface area (Å²) in [6, 6.07) is 13.2. The second-order valence-electron chi connectivity index (χ2n) is 6.79. The van der Waals surface area contributed by atoms with E-state index in [-0.39, 0.29) is 5.75 Å². The van der Waals surface area contributed by atoms with Crippen LogP contribution in [0.15, 0.2) is 59.0 Å². The molecule has 1 heterocycles. The van der Waals surface area contributed by atoms with Crippen LogP contribution in [0, 0.1) is 6.92 Å². The Morgan fingerprint density at radius 2 is 1.82 bits per heavy atom. The van der Waals surface area contributed by atoms with E-state index in [9.17, 15) is 14.4 Å². The Morgan fingerprint density at radius 1 is 1.03 bits per heavy atom. The molecule has 0 radical (unpaired) electrons. The van der Waals surface area contributed by atoms with Crippen LogP contribution in [0.2, 0.25) is 5.02 Å². The molecular formula is C23H20ClN3O5S. The van der Waals surface area contributed by atoms with Gasteiger partial charge in [0.25, 0.3) is 0 Å². The first-order chi connectivity index (χ1) is 15.8. The van der Waals surface area contributed by atoms with Gasteiger partial charge in [-0.15, -0.1) is 11.3 Å². The predicted octanol–water partition coefficient (Wildman–Crippen LogP) is 4.42. The van der Waals surface area contributed by atoms with Crippen LogP contribution < -0.4 is 20.2 Å². The summed E-state index contributed by atoms with van der Waals surface area (Å²) in [5.74, 6) is -1.77. The quantitative estimate of drug-likeness (QED) is 0.177. The summed E-state index contributed by atoms with van der Waals surface area (Å²) in [5.41, 5.74) is 4.45. The molecular weight excluding hydrogens is 466 g/mol. The molecule has 2 aromatic carbocycles. The van der Waals surface area contributed by atoms with Crippen molar-refractivity contribution >= 4 is 52.1 Å². The van der Waals surface area contributed by atoms with Gasteiger partial charge in [-0.25, -0.2) is 10.2 Å². The Labute approximate surface area is 199 Å².